The molecule has 5 heteroatoms. The van der Waals surface area contributed by atoms with Gasteiger partial charge in [0.05, 0.1) is 6.42 Å². The normalized spacial score (nSPS) is 10.1. The highest BCUT2D eigenvalue weighted by Gasteiger charge is 2.06. The van der Waals surface area contributed by atoms with Crippen molar-refractivity contribution in [1.82, 2.24) is 4.98 Å². The lowest BCUT2D eigenvalue weighted by Gasteiger charge is -2.04. The smallest absolute Gasteiger partial charge is 0.271 e. The van der Waals surface area contributed by atoms with E-state index in [0.29, 0.717) is 5.56 Å². The van der Waals surface area contributed by atoms with Crippen LogP contribution in [0.5, 0.6) is 0 Å². The van der Waals surface area contributed by atoms with Gasteiger partial charge in [0.2, 0.25) is 5.91 Å². The van der Waals surface area contributed by atoms with Crippen molar-refractivity contribution in [2.75, 3.05) is 5.32 Å². The Labute approximate surface area is 102 Å². The summed E-state index contributed by atoms with van der Waals surface area (Å²) in [5.74, 6) is -0.754. The predicted molar refractivity (Wildman–Crippen MR) is 65.8 cm³/mol. The zero-order valence-corrected chi connectivity index (χ0v) is 9.44. The molecular formula is C13H11FN2O2. The summed E-state index contributed by atoms with van der Waals surface area (Å²) in [4.78, 5) is 25.4. The lowest BCUT2D eigenvalue weighted by molar-refractivity contribution is -0.115. The van der Waals surface area contributed by atoms with Crippen molar-refractivity contribution < 1.29 is 9.18 Å². The van der Waals surface area contributed by atoms with E-state index in [1.54, 1.807) is 12.1 Å². The summed E-state index contributed by atoms with van der Waals surface area (Å²) >= 11 is 0. The fraction of sp³-hybridized carbons (Fsp3) is 0.0769. The van der Waals surface area contributed by atoms with Crippen molar-refractivity contribution >= 4 is 11.6 Å². The van der Waals surface area contributed by atoms with Gasteiger partial charge in [0.1, 0.15) is 11.5 Å². The topological polar surface area (TPSA) is 62.0 Å². The largest absolute Gasteiger partial charge is 0.327 e. The van der Waals surface area contributed by atoms with Gasteiger partial charge in [0.25, 0.3) is 5.56 Å². The molecule has 0 aliphatic carbocycles. The van der Waals surface area contributed by atoms with Crippen LogP contribution in [0.25, 0.3) is 0 Å². The number of benzene rings is 1. The molecule has 4 nitrogen and oxygen atoms in total. The number of nitrogens with one attached hydrogen (secondary N) is 2. The number of pyridine rings is 1. The van der Waals surface area contributed by atoms with Crippen LogP contribution in [0.4, 0.5) is 10.1 Å². The van der Waals surface area contributed by atoms with E-state index in [2.05, 4.69) is 10.3 Å². The fourth-order valence-corrected chi connectivity index (χ4v) is 1.55. The first-order valence-electron chi connectivity index (χ1n) is 5.37. The summed E-state index contributed by atoms with van der Waals surface area (Å²) < 4.78 is 12.9. The third kappa shape index (κ3) is 3.04. The van der Waals surface area contributed by atoms with Gasteiger partial charge in [0.15, 0.2) is 0 Å². The number of aromatic amines is 1. The van der Waals surface area contributed by atoms with Crippen LogP contribution in [-0.2, 0) is 11.2 Å². The molecule has 0 saturated heterocycles. The molecule has 92 valence electrons. The van der Waals surface area contributed by atoms with E-state index in [1.807, 2.05) is 0 Å². The van der Waals surface area contributed by atoms with E-state index in [4.69, 9.17) is 0 Å². The van der Waals surface area contributed by atoms with Crippen LogP contribution in [0, 0.1) is 5.82 Å². The highest BCUT2D eigenvalue weighted by Crippen LogP contribution is 2.05. The summed E-state index contributed by atoms with van der Waals surface area (Å²) in [5.41, 5.74) is 0.365. The quantitative estimate of drug-likeness (QED) is 0.865. The van der Waals surface area contributed by atoms with Crippen LogP contribution in [0.1, 0.15) is 5.56 Å². The molecule has 0 fully saturated rings. The predicted octanol–water partition coefficient (Wildman–Crippen LogP) is 1.70. The molecule has 1 aromatic carbocycles. The highest BCUT2D eigenvalue weighted by atomic mass is 19.1. The molecule has 2 N–H and O–H groups in total. The van der Waals surface area contributed by atoms with Crippen molar-refractivity contribution in [2.45, 2.75) is 6.42 Å². The van der Waals surface area contributed by atoms with E-state index in [0.717, 1.165) is 0 Å². The molecule has 0 spiro atoms. The second kappa shape index (κ2) is 5.27. The minimum Gasteiger partial charge on any atom is -0.327 e. The molecular weight excluding hydrogens is 235 g/mol. The maximum atomic E-state index is 12.9. The summed E-state index contributed by atoms with van der Waals surface area (Å²) in [5, 5.41) is 2.47. The lowest BCUT2D eigenvalue weighted by Crippen LogP contribution is -2.20. The van der Waals surface area contributed by atoms with Crippen LogP contribution < -0.4 is 10.9 Å². The molecule has 2 rings (SSSR count). The fourth-order valence-electron chi connectivity index (χ4n) is 1.55. The van der Waals surface area contributed by atoms with Gasteiger partial charge >= 0.3 is 0 Å². The number of halogens is 1. The zero-order valence-electron chi connectivity index (χ0n) is 9.44. The average Bonchev–Trinajstić information content (AvgIpc) is 2.32. The molecule has 1 aromatic heterocycles. The van der Waals surface area contributed by atoms with Gasteiger partial charge in [-0.3, -0.25) is 9.59 Å². The SMILES string of the molecule is O=C(Cc1cccc(F)c1)Nc1ccc[nH]c1=O. The summed E-state index contributed by atoms with van der Waals surface area (Å²) in [7, 11) is 0. The van der Waals surface area contributed by atoms with Gasteiger partial charge in [-0.25, -0.2) is 4.39 Å². The summed E-state index contributed by atoms with van der Waals surface area (Å²) in [6, 6.07) is 8.89. The summed E-state index contributed by atoms with van der Waals surface area (Å²) in [6.45, 7) is 0. The van der Waals surface area contributed by atoms with E-state index in [9.17, 15) is 14.0 Å². The van der Waals surface area contributed by atoms with Crippen LogP contribution in [-0.4, -0.2) is 10.9 Å². The van der Waals surface area contributed by atoms with Gasteiger partial charge in [-0.1, -0.05) is 12.1 Å². The van der Waals surface area contributed by atoms with Gasteiger partial charge < -0.3 is 10.3 Å². The van der Waals surface area contributed by atoms with Crippen molar-refractivity contribution in [3.05, 3.63) is 64.3 Å². The standard InChI is InChI=1S/C13H11FN2O2/c14-10-4-1-3-9(7-10)8-12(17)16-11-5-2-6-15-13(11)18/h1-7H,8H2,(H,15,18)(H,16,17). The zero-order chi connectivity index (χ0) is 13.0. The Balaban J connectivity index is 2.06. The monoisotopic (exact) mass is 246 g/mol. The third-order valence-electron chi connectivity index (χ3n) is 2.35. The van der Waals surface area contributed by atoms with Crippen molar-refractivity contribution in [3.63, 3.8) is 0 Å². The average molecular weight is 246 g/mol. The molecule has 0 bridgehead atoms. The molecule has 18 heavy (non-hydrogen) atoms. The number of H-pyrrole nitrogens is 1. The third-order valence-corrected chi connectivity index (χ3v) is 2.35. The Morgan fingerprint density at radius 1 is 1.28 bits per heavy atom. The van der Waals surface area contributed by atoms with E-state index in [1.165, 1.54) is 30.5 Å². The maximum absolute atomic E-state index is 12.9. The first-order valence-corrected chi connectivity index (χ1v) is 5.37. The number of rotatable bonds is 3. The Hall–Kier alpha value is -2.43. The van der Waals surface area contributed by atoms with Gasteiger partial charge in [-0.05, 0) is 29.8 Å². The van der Waals surface area contributed by atoms with Crippen LogP contribution in [0.15, 0.2) is 47.4 Å². The Kier molecular flexibility index (Phi) is 3.52. The number of amides is 1. The van der Waals surface area contributed by atoms with E-state index < -0.39 is 5.82 Å². The Morgan fingerprint density at radius 3 is 2.83 bits per heavy atom. The molecule has 0 unspecified atom stereocenters. The van der Waals surface area contributed by atoms with Gasteiger partial charge in [0, 0.05) is 6.20 Å². The molecule has 0 aliphatic heterocycles. The molecule has 1 amide bonds. The van der Waals surface area contributed by atoms with Crippen LogP contribution in [0.2, 0.25) is 0 Å². The number of aromatic nitrogens is 1. The van der Waals surface area contributed by atoms with Gasteiger partial charge in [-0.2, -0.15) is 0 Å². The molecule has 0 saturated carbocycles. The second-order valence-electron chi connectivity index (χ2n) is 3.77. The molecule has 1 heterocycles. The first-order chi connectivity index (χ1) is 8.65. The molecule has 0 radical (unpaired) electrons. The molecule has 0 atom stereocenters. The maximum Gasteiger partial charge on any atom is 0.271 e. The number of hydrogen-bond donors (Lipinski definition) is 2. The van der Waals surface area contributed by atoms with Crippen molar-refractivity contribution in [3.8, 4) is 0 Å². The van der Waals surface area contributed by atoms with E-state index >= 15 is 0 Å². The second-order valence-corrected chi connectivity index (χ2v) is 3.77. The van der Waals surface area contributed by atoms with Crippen LogP contribution >= 0.6 is 0 Å². The number of carbonyl (C=O) groups excluding carboxylic acids is 1. The minimum atomic E-state index is -0.391. The van der Waals surface area contributed by atoms with Crippen molar-refractivity contribution in [1.29, 1.82) is 0 Å². The first kappa shape index (κ1) is 12.0. The molecule has 0 aliphatic rings. The van der Waals surface area contributed by atoms with Gasteiger partial charge in [-0.15, -0.1) is 0 Å². The number of anilines is 1. The number of hydrogen-bond acceptors (Lipinski definition) is 2. The lowest BCUT2D eigenvalue weighted by atomic mass is 10.1. The number of carbonyl (C=O) groups is 1. The summed E-state index contributed by atoms with van der Waals surface area (Å²) in [6.07, 6.45) is 1.50. The highest BCUT2D eigenvalue weighted by molar-refractivity contribution is 5.91. The Bertz CT molecular complexity index is 622. The van der Waals surface area contributed by atoms with Crippen LogP contribution in [0.3, 0.4) is 0 Å². The van der Waals surface area contributed by atoms with E-state index in [-0.39, 0.29) is 23.6 Å². The molecule has 2 aromatic rings. The Morgan fingerprint density at radius 2 is 2.11 bits per heavy atom. The minimum absolute atomic E-state index is 0.0199. The van der Waals surface area contributed by atoms with Crippen molar-refractivity contribution in [2.24, 2.45) is 0 Å².